The van der Waals surface area contributed by atoms with Crippen molar-refractivity contribution >= 4 is 17.5 Å². The van der Waals surface area contributed by atoms with Crippen LogP contribution in [0.4, 0.5) is 5.69 Å². The van der Waals surface area contributed by atoms with Crippen LogP contribution < -0.4 is 15.4 Å². The molecule has 29 heavy (non-hydrogen) atoms. The normalized spacial score (nSPS) is 14.9. The number of nitrogens with one attached hydrogen (secondary N) is 2. The van der Waals surface area contributed by atoms with E-state index in [2.05, 4.69) is 39.8 Å². The number of amides is 2. The molecule has 0 unspecified atom stereocenters. The molecule has 0 aromatic heterocycles. The molecule has 1 aliphatic heterocycles. The van der Waals surface area contributed by atoms with Gasteiger partial charge in [0.25, 0.3) is 0 Å². The number of likely N-dealkylation sites (tertiary alicyclic amines) is 1. The van der Waals surface area contributed by atoms with Gasteiger partial charge in [0.2, 0.25) is 11.8 Å². The second kappa shape index (κ2) is 10.6. The van der Waals surface area contributed by atoms with E-state index in [1.807, 2.05) is 18.2 Å². The van der Waals surface area contributed by atoms with Crippen molar-refractivity contribution in [1.82, 2.24) is 10.2 Å². The minimum atomic E-state index is -0.192. The SMILES string of the molecule is COc1ccccc1NC(=O)CCC(=O)NC1CCN(Cc2ccccc2)CC1. The molecule has 0 aliphatic carbocycles. The van der Waals surface area contributed by atoms with Crippen LogP contribution in [0, 0.1) is 0 Å². The number of carbonyl (C=O) groups excluding carboxylic acids is 2. The fourth-order valence-electron chi connectivity index (χ4n) is 3.56. The highest BCUT2D eigenvalue weighted by Gasteiger charge is 2.21. The first-order valence-electron chi connectivity index (χ1n) is 10.1. The van der Waals surface area contributed by atoms with E-state index in [1.54, 1.807) is 19.2 Å². The smallest absolute Gasteiger partial charge is 0.224 e. The zero-order valence-electron chi connectivity index (χ0n) is 16.9. The molecule has 0 bridgehead atoms. The third-order valence-electron chi connectivity index (χ3n) is 5.16. The van der Waals surface area contributed by atoms with E-state index in [9.17, 15) is 9.59 Å². The molecular weight excluding hydrogens is 366 g/mol. The summed E-state index contributed by atoms with van der Waals surface area (Å²) in [6.07, 6.45) is 2.21. The molecule has 2 aromatic rings. The Morgan fingerprint density at radius 1 is 0.966 bits per heavy atom. The lowest BCUT2D eigenvalue weighted by Gasteiger charge is -2.32. The monoisotopic (exact) mass is 395 g/mol. The van der Waals surface area contributed by atoms with Crippen LogP contribution in [0.5, 0.6) is 5.75 Å². The highest BCUT2D eigenvalue weighted by atomic mass is 16.5. The van der Waals surface area contributed by atoms with Crippen molar-refractivity contribution < 1.29 is 14.3 Å². The van der Waals surface area contributed by atoms with Gasteiger partial charge in [-0.1, -0.05) is 42.5 Å². The Morgan fingerprint density at radius 2 is 1.62 bits per heavy atom. The molecule has 1 saturated heterocycles. The second-order valence-corrected chi connectivity index (χ2v) is 7.35. The number of methoxy groups -OCH3 is 1. The van der Waals surface area contributed by atoms with Gasteiger partial charge in [-0.3, -0.25) is 14.5 Å². The summed E-state index contributed by atoms with van der Waals surface area (Å²) in [4.78, 5) is 26.8. The summed E-state index contributed by atoms with van der Waals surface area (Å²) in [6.45, 7) is 2.88. The quantitative estimate of drug-likeness (QED) is 0.720. The van der Waals surface area contributed by atoms with Crippen molar-refractivity contribution in [3.63, 3.8) is 0 Å². The minimum absolute atomic E-state index is 0.0679. The van der Waals surface area contributed by atoms with Crippen molar-refractivity contribution in [2.45, 2.75) is 38.3 Å². The van der Waals surface area contributed by atoms with E-state index in [0.717, 1.165) is 32.5 Å². The number of benzene rings is 2. The summed E-state index contributed by atoms with van der Waals surface area (Å²) >= 11 is 0. The molecule has 6 heteroatoms. The van der Waals surface area contributed by atoms with Gasteiger partial charge in [0.05, 0.1) is 12.8 Å². The number of anilines is 1. The Kier molecular flexibility index (Phi) is 7.64. The predicted octanol–water partition coefficient (Wildman–Crippen LogP) is 3.19. The van der Waals surface area contributed by atoms with E-state index >= 15 is 0 Å². The number of nitrogens with zero attached hydrogens (tertiary/aromatic N) is 1. The van der Waals surface area contributed by atoms with Gasteiger partial charge in [-0.25, -0.2) is 0 Å². The van der Waals surface area contributed by atoms with E-state index < -0.39 is 0 Å². The topological polar surface area (TPSA) is 70.7 Å². The molecule has 154 valence electrons. The van der Waals surface area contributed by atoms with Crippen molar-refractivity contribution in [2.24, 2.45) is 0 Å². The summed E-state index contributed by atoms with van der Waals surface area (Å²) < 4.78 is 5.22. The maximum Gasteiger partial charge on any atom is 0.224 e. The van der Waals surface area contributed by atoms with Crippen LogP contribution in [0.2, 0.25) is 0 Å². The maximum absolute atomic E-state index is 12.2. The van der Waals surface area contributed by atoms with Gasteiger partial charge in [0, 0.05) is 38.5 Å². The second-order valence-electron chi connectivity index (χ2n) is 7.35. The number of ether oxygens (including phenoxy) is 1. The van der Waals surface area contributed by atoms with Gasteiger partial charge in [-0.05, 0) is 30.5 Å². The average Bonchev–Trinajstić information content (AvgIpc) is 2.75. The van der Waals surface area contributed by atoms with Crippen LogP contribution in [0.25, 0.3) is 0 Å². The molecule has 2 aromatic carbocycles. The summed E-state index contributed by atoms with van der Waals surface area (Å²) in [5.41, 5.74) is 1.93. The van der Waals surface area contributed by atoms with Crippen molar-refractivity contribution in [2.75, 3.05) is 25.5 Å². The Hall–Kier alpha value is -2.86. The highest BCUT2D eigenvalue weighted by molar-refractivity contribution is 5.94. The molecule has 2 amide bonds. The van der Waals surface area contributed by atoms with Gasteiger partial charge >= 0.3 is 0 Å². The van der Waals surface area contributed by atoms with Crippen LogP contribution in [0.3, 0.4) is 0 Å². The Bertz CT molecular complexity index is 802. The van der Waals surface area contributed by atoms with Crippen LogP contribution >= 0.6 is 0 Å². The molecule has 1 heterocycles. The molecule has 0 radical (unpaired) electrons. The fourth-order valence-corrected chi connectivity index (χ4v) is 3.56. The number of hydrogen-bond donors (Lipinski definition) is 2. The van der Waals surface area contributed by atoms with Gasteiger partial charge < -0.3 is 15.4 Å². The number of hydrogen-bond acceptors (Lipinski definition) is 4. The third kappa shape index (κ3) is 6.61. The zero-order valence-corrected chi connectivity index (χ0v) is 16.9. The lowest BCUT2D eigenvalue weighted by molar-refractivity contribution is -0.125. The predicted molar refractivity (Wildman–Crippen MR) is 114 cm³/mol. The number of carbonyl (C=O) groups is 2. The molecule has 1 fully saturated rings. The van der Waals surface area contributed by atoms with Crippen LogP contribution in [0.15, 0.2) is 54.6 Å². The zero-order chi connectivity index (χ0) is 20.5. The van der Waals surface area contributed by atoms with Gasteiger partial charge in [0.1, 0.15) is 5.75 Å². The van der Waals surface area contributed by atoms with Crippen molar-refractivity contribution in [3.8, 4) is 5.75 Å². The Balaban J connectivity index is 1.35. The van der Waals surface area contributed by atoms with E-state index in [0.29, 0.717) is 11.4 Å². The van der Waals surface area contributed by atoms with Crippen LogP contribution in [0.1, 0.15) is 31.2 Å². The molecule has 6 nitrogen and oxygen atoms in total. The van der Waals surface area contributed by atoms with Gasteiger partial charge in [-0.15, -0.1) is 0 Å². The summed E-state index contributed by atoms with van der Waals surface area (Å²) in [6, 6.07) is 17.9. The van der Waals surface area contributed by atoms with Gasteiger partial charge in [0.15, 0.2) is 0 Å². The lowest BCUT2D eigenvalue weighted by Crippen LogP contribution is -2.44. The van der Waals surface area contributed by atoms with E-state index in [4.69, 9.17) is 4.74 Å². The molecule has 0 spiro atoms. The number of para-hydroxylation sites is 2. The standard InChI is InChI=1S/C23H29N3O3/c1-29-21-10-6-5-9-20(21)25-23(28)12-11-22(27)24-19-13-15-26(16-14-19)17-18-7-3-2-4-8-18/h2-10,19H,11-17H2,1H3,(H,24,27)(H,25,28). The fraction of sp³-hybridized carbons (Fsp3) is 0.391. The highest BCUT2D eigenvalue weighted by Crippen LogP contribution is 2.23. The first-order chi connectivity index (χ1) is 14.1. The first kappa shape index (κ1) is 20.9. The lowest BCUT2D eigenvalue weighted by atomic mass is 10.0. The first-order valence-corrected chi connectivity index (χ1v) is 10.1. The minimum Gasteiger partial charge on any atom is -0.495 e. The Labute approximate surface area is 172 Å². The average molecular weight is 396 g/mol. The molecule has 3 rings (SSSR count). The number of rotatable bonds is 8. The van der Waals surface area contributed by atoms with Crippen LogP contribution in [-0.4, -0.2) is 43.0 Å². The summed E-state index contributed by atoms with van der Waals surface area (Å²) in [7, 11) is 1.56. The van der Waals surface area contributed by atoms with E-state index in [1.165, 1.54) is 5.56 Å². The largest absolute Gasteiger partial charge is 0.495 e. The molecule has 2 N–H and O–H groups in total. The van der Waals surface area contributed by atoms with Crippen LogP contribution in [-0.2, 0) is 16.1 Å². The summed E-state index contributed by atoms with van der Waals surface area (Å²) in [5, 5.41) is 5.87. The number of piperidine rings is 1. The Morgan fingerprint density at radius 3 is 2.34 bits per heavy atom. The van der Waals surface area contributed by atoms with E-state index in [-0.39, 0.29) is 30.7 Å². The molecule has 0 atom stereocenters. The van der Waals surface area contributed by atoms with Gasteiger partial charge in [-0.2, -0.15) is 0 Å². The third-order valence-corrected chi connectivity index (χ3v) is 5.16. The molecule has 0 saturated carbocycles. The maximum atomic E-state index is 12.2. The molecular formula is C23H29N3O3. The molecule has 1 aliphatic rings. The van der Waals surface area contributed by atoms with Crippen molar-refractivity contribution in [3.05, 3.63) is 60.2 Å². The summed E-state index contributed by atoms with van der Waals surface area (Å²) in [5.74, 6) is 0.344. The van der Waals surface area contributed by atoms with Crippen molar-refractivity contribution in [1.29, 1.82) is 0 Å².